The second-order valence-corrected chi connectivity index (χ2v) is 5.21. The van der Waals surface area contributed by atoms with E-state index in [1.807, 2.05) is 30.3 Å². The molecular formula is C17H20ClNO. The molecule has 0 radical (unpaired) electrons. The molecule has 0 amide bonds. The Bertz CT molecular complexity index is 551. The Labute approximate surface area is 125 Å². The zero-order valence-corrected chi connectivity index (χ0v) is 12.5. The van der Waals surface area contributed by atoms with Crippen LogP contribution in [0.15, 0.2) is 42.5 Å². The molecular weight excluding hydrogens is 270 g/mol. The van der Waals surface area contributed by atoms with E-state index in [1.54, 1.807) is 0 Å². The number of aryl methyl sites for hydroxylation is 2. The van der Waals surface area contributed by atoms with E-state index in [0.29, 0.717) is 6.61 Å². The van der Waals surface area contributed by atoms with Gasteiger partial charge in [-0.2, -0.15) is 0 Å². The third-order valence-corrected chi connectivity index (χ3v) is 3.63. The molecule has 0 aliphatic heterocycles. The number of rotatable bonds is 6. The molecule has 0 saturated carbocycles. The molecule has 2 N–H and O–H groups in total. The average molecular weight is 290 g/mol. The van der Waals surface area contributed by atoms with Gasteiger partial charge in [0.1, 0.15) is 5.75 Å². The first-order valence-electron chi connectivity index (χ1n) is 6.94. The molecule has 0 atom stereocenters. The Balaban J connectivity index is 1.79. The van der Waals surface area contributed by atoms with Gasteiger partial charge in [0.15, 0.2) is 0 Å². The highest BCUT2D eigenvalue weighted by Gasteiger charge is 2.01. The minimum Gasteiger partial charge on any atom is -0.494 e. The highest BCUT2D eigenvalue weighted by atomic mass is 35.5. The lowest BCUT2D eigenvalue weighted by atomic mass is 10.1. The quantitative estimate of drug-likeness (QED) is 0.628. The number of anilines is 1. The van der Waals surface area contributed by atoms with Crippen LogP contribution in [0.2, 0.25) is 5.02 Å². The summed E-state index contributed by atoms with van der Waals surface area (Å²) in [5.41, 5.74) is 8.88. The summed E-state index contributed by atoms with van der Waals surface area (Å²) >= 11 is 6.08. The number of halogens is 1. The van der Waals surface area contributed by atoms with Gasteiger partial charge in [-0.05, 0) is 60.7 Å². The molecule has 3 heteroatoms. The minimum absolute atomic E-state index is 0.704. The summed E-state index contributed by atoms with van der Waals surface area (Å²) in [5, 5.41) is 0.807. The Kier molecular flexibility index (Phi) is 5.31. The summed E-state index contributed by atoms with van der Waals surface area (Å²) in [6.45, 7) is 2.79. The van der Waals surface area contributed by atoms with Crippen molar-refractivity contribution in [2.45, 2.75) is 26.2 Å². The molecule has 0 fully saturated rings. The van der Waals surface area contributed by atoms with Crippen molar-refractivity contribution in [1.82, 2.24) is 0 Å². The van der Waals surface area contributed by atoms with Crippen LogP contribution in [0.4, 0.5) is 5.69 Å². The van der Waals surface area contributed by atoms with E-state index in [9.17, 15) is 0 Å². The van der Waals surface area contributed by atoms with Gasteiger partial charge in [0, 0.05) is 10.7 Å². The van der Waals surface area contributed by atoms with Crippen molar-refractivity contribution in [3.63, 3.8) is 0 Å². The van der Waals surface area contributed by atoms with Crippen LogP contribution in [0.5, 0.6) is 5.75 Å². The van der Waals surface area contributed by atoms with Gasteiger partial charge >= 0.3 is 0 Å². The second kappa shape index (κ2) is 7.20. The highest BCUT2D eigenvalue weighted by Crippen LogP contribution is 2.22. The molecule has 0 bridgehead atoms. The lowest BCUT2D eigenvalue weighted by molar-refractivity contribution is 0.311. The monoisotopic (exact) mass is 289 g/mol. The Morgan fingerprint density at radius 1 is 1.10 bits per heavy atom. The summed E-state index contributed by atoms with van der Waals surface area (Å²) in [5.74, 6) is 0.892. The van der Waals surface area contributed by atoms with Crippen molar-refractivity contribution < 1.29 is 4.74 Å². The zero-order chi connectivity index (χ0) is 14.4. The van der Waals surface area contributed by atoms with Gasteiger partial charge in [-0.15, -0.1) is 0 Å². The van der Waals surface area contributed by atoms with E-state index < -0.39 is 0 Å². The zero-order valence-electron chi connectivity index (χ0n) is 11.7. The lowest BCUT2D eigenvalue weighted by Gasteiger charge is -2.09. The molecule has 2 nitrogen and oxygen atoms in total. The molecule has 0 spiro atoms. The highest BCUT2D eigenvalue weighted by molar-refractivity contribution is 6.31. The van der Waals surface area contributed by atoms with Crippen molar-refractivity contribution in [3.8, 4) is 5.75 Å². The van der Waals surface area contributed by atoms with Crippen molar-refractivity contribution in [1.29, 1.82) is 0 Å². The number of ether oxygens (including phenoxy) is 1. The van der Waals surface area contributed by atoms with Crippen LogP contribution < -0.4 is 10.5 Å². The maximum absolute atomic E-state index is 6.08. The first-order valence-corrected chi connectivity index (χ1v) is 7.32. The summed E-state index contributed by atoms with van der Waals surface area (Å²) < 4.78 is 5.77. The number of nitrogens with two attached hydrogens (primary N) is 1. The smallest absolute Gasteiger partial charge is 0.119 e. The first kappa shape index (κ1) is 14.7. The van der Waals surface area contributed by atoms with Gasteiger partial charge in [-0.3, -0.25) is 0 Å². The van der Waals surface area contributed by atoms with E-state index in [0.717, 1.165) is 41.3 Å². The normalized spacial score (nSPS) is 10.5. The molecule has 0 unspecified atom stereocenters. The van der Waals surface area contributed by atoms with E-state index in [2.05, 4.69) is 19.1 Å². The lowest BCUT2D eigenvalue weighted by Crippen LogP contribution is -2.00. The maximum Gasteiger partial charge on any atom is 0.119 e. The Hall–Kier alpha value is -1.67. The second-order valence-electron chi connectivity index (χ2n) is 4.80. The van der Waals surface area contributed by atoms with Crippen molar-refractivity contribution in [2.75, 3.05) is 12.3 Å². The van der Waals surface area contributed by atoms with Gasteiger partial charge in [0.25, 0.3) is 0 Å². The van der Waals surface area contributed by atoms with Crippen LogP contribution >= 0.6 is 11.6 Å². The van der Waals surface area contributed by atoms with Crippen LogP contribution in [0.25, 0.3) is 0 Å². The number of hydrogen-bond donors (Lipinski definition) is 1. The van der Waals surface area contributed by atoms with Crippen LogP contribution in [-0.2, 0) is 12.8 Å². The van der Waals surface area contributed by atoms with Gasteiger partial charge in [-0.25, -0.2) is 0 Å². The van der Waals surface area contributed by atoms with Gasteiger partial charge < -0.3 is 10.5 Å². The predicted octanol–water partition coefficient (Wildman–Crippen LogP) is 4.50. The van der Waals surface area contributed by atoms with E-state index in [4.69, 9.17) is 22.1 Å². The summed E-state index contributed by atoms with van der Waals surface area (Å²) in [6.07, 6.45) is 2.89. The molecule has 2 rings (SSSR count). The molecule has 2 aromatic carbocycles. The van der Waals surface area contributed by atoms with Gasteiger partial charge in [-0.1, -0.05) is 30.7 Å². The largest absolute Gasteiger partial charge is 0.494 e. The third-order valence-electron chi connectivity index (χ3n) is 3.26. The number of benzene rings is 2. The molecule has 2 aromatic rings. The van der Waals surface area contributed by atoms with Crippen molar-refractivity contribution in [2.24, 2.45) is 0 Å². The summed E-state index contributed by atoms with van der Waals surface area (Å²) in [7, 11) is 0. The van der Waals surface area contributed by atoms with E-state index in [-0.39, 0.29) is 0 Å². The topological polar surface area (TPSA) is 35.2 Å². The number of nitrogen functional groups attached to an aromatic ring is 1. The Morgan fingerprint density at radius 3 is 2.55 bits per heavy atom. The van der Waals surface area contributed by atoms with E-state index in [1.165, 1.54) is 5.56 Å². The standard InChI is InChI=1S/C17H20ClNO/c1-2-14-12-16(9-10-17(14)18)20-11-3-4-13-5-7-15(19)8-6-13/h5-10,12H,2-4,11,19H2,1H3. The SMILES string of the molecule is CCc1cc(OCCCc2ccc(N)cc2)ccc1Cl. The summed E-state index contributed by atoms with van der Waals surface area (Å²) in [4.78, 5) is 0. The maximum atomic E-state index is 6.08. The molecule has 0 heterocycles. The fraction of sp³-hybridized carbons (Fsp3) is 0.294. The van der Waals surface area contributed by atoms with Crippen LogP contribution in [0.1, 0.15) is 24.5 Å². The van der Waals surface area contributed by atoms with Crippen LogP contribution in [0, 0.1) is 0 Å². The molecule has 0 saturated heterocycles. The fourth-order valence-electron chi connectivity index (χ4n) is 2.06. The molecule has 0 aliphatic rings. The molecule has 20 heavy (non-hydrogen) atoms. The van der Waals surface area contributed by atoms with Crippen molar-refractivity contribution in [3.05, 3.63) is 58.6 Å². The minimum atomic E-state index is 0.704. The van der Waals surface area contributed by atoms with Crippen LogP contribution in [0.3, 0.4) is 0 Å². The number of hydrogen-bond acceptors (Lipinski definition) is 2. The average Bonchev–Trinajstić information content (AvgIpc) is 2.47. The third kappa shape index (κ3) is 4.17. The molecule has 0 aliphatic carbocycles. The summed E-state index contributed by atoms with van der Waals surface area (Å²) in [6, 6.07) is 13.8. The predicted molar refractivity (Wildman–Crippen MR) is 85.5 cm³/mol. The van der Waals surface area contributed by atoms with E-state index >= 15 is 0 Å². The van der Waals surface area contributed by atoms with Gasteiger partial charge in [0.05, 0.1) is 6.61 Å². The Morgan fingerprint density at radius 2 is 1.85 bits per heavy atom. The molecule has 0 aromatic heterocycles. The first-order chi connectivity index (χ1) is 9.69. The van der Waals surface area contributed by atoms with Crippen molar-refractivity contribution >= 4 is 17.3 Å². The fourth-order valence-corrected chi connectivity index (χ4v) is 2.31. The van der Waals surface area contributed by atoms with Crippen LogP contribution in [-0.4, -0.2) is 6.61 Å². The molecule has 106 valence electrons. The van der Waals surface area contributed by atoms with Gasteiger partial charge in [0.2, 0.25) is 0 Å².